The van der Waals surface area contributed by atoms with Gasteiger partial charge in [-0.05, 0) is 63.1 Å². The molecule has 0 radical (unpaired) electrons. The molecule has 0 amide bonds. The van der Waals surface area contributed by atoms with Gasteiger partial charge in [0.1, 0.15) is 6.23 Å². The Morgan fingerprint density at radius 1 is 1.11 bits per heavy atom. The van der Waals surface area contributed by atoms with E-state index in [2.05, 4.69) is 15.9 Å². The Labute approximate surface area is 109 Å². The van der Waals surface area contributed by atoms with Gasteiger partial charge in [0.25, 0.3) is 0 Å². The van der Waals surface area contributed by atoms with Crippen LogP contribution in [-0.4, -0.2) is 52.9 Å². The normalized spacial score (nSPS) is 48.6. The summed E-state index contributed by atoms with van der Waals surface area (Å²) >= 11 is 0. The first-order valence-electron chi connectivity index (χ1n) is 7.69. The molecule has 100 valence electrons. The van der Waals surface area contributed by atoms with Crippen LogP contribution in [0.3, 0.4) is 0 Å². The average molecular weight is 248 g/mol. The SMILES string of the molecule is OC1C=CCC2C3CCCN4CCCC(CN12)C34. The number of nitrogens with zero attached hydrogens (tertiary/aromatic N) is 2. The lowest BCUT2D eigenvalue weighted by Crippen LogP contribution is -2.66. The molecule has 5 unspecified atom stereocenters. The summed E-state index contributed by atoms with van der Waals surface area (Å²) in [5.74, 6) is 1.61. The Kier molecular flexibility index (Phi) is 2.75. The van der Waals surface area contributed by atoms with Crippen LogP contribution in [0.1, 0.15) is 32.1 Å². The lowest BCUT2D eigenvalue weighted by molar-refractivity contribution is -0.120. The van der Waals surface area contributed by atoms with E-state index in [0.717, 1.165) is 30.8 Å². The average Bonchev–Trinajstić information content (AvgIpc) is 2.41. The Morgan fingerprint density at radius 2 is 1.94 bits per heavy atom. The fourth-order valence-corrected chi connectivity index (χ4v) is 5.09. The van der Waals surface area contributed by atoms with Crippen molar-refractivity contribution in [3.63, 3.8) is 0 Å². The van der Waals surface area contributed by atoms with Crippen molar-refractivity contribution >= 4 is 0 Å². The van der Waals surface area contributed by atoms with E-state index in [-0.39, 0.29) is 6.23 Å². The standard InChI is InChI=1S/C15H24N2O/c18-14-7-1-6-13-12-5-3-9-16-8-2-4-11(15(12)16)10-17(13)14/h1,7,11-15,18H,2-6,8-10H2. The molecule has 3 nitrogen and oxygen atoms in total. The first kappa shape index (κ1) is 11.4. The van der Waals surface area contributed by atoms with Crippen molar-refractivity contribution in [2.45, 2.75) is 50.4 Å². The van der Waals surface area contributed by atoms with Gasteiger partial charge in [0.15, 0.2) is 0 Å². The third-order valence-electron chi connectivity index (χ3n) is 5.74. The van der Waals surface area contributed by atoms with Gasteiger partial charge in [0.2, 0.25) is 0 Å². The quantitative estimate of drug-likeness (QED) is 0.657. The Morgan fingerprint density at radius 3 is 2.83 bits per heavy atom. The first-order valence-corrected chi connectivity index (χ1v) is 7.69. The number of aliphatic hydroxyl groups excluding tert-OH is 1. The van der Waals surface area contributed by atoms with Gasteiger partial charge in [-0.15, -0.1) is 0 Å². The number of hydrogen-bond donors (Lipinski definition) is 1. The summed E-state index contributed by atoms with van der Waals surface area (Å²) < 4.78 is 0. The van der Waals surface area contributed by atoms with Crippen LogP contribution in [0.25, 0.3) is 0 Å². The third-order valence-corrected chi connectivity index (χ3v) is 5.74. The summed E-state index contributed by atoms with van der Waals surface area (Å²) in [6.45, 7) is 3.76. The molecule has 4 heterocycles. The minimum absolute atomic E-state index is 0.318. The van der Waals surface area contributed by atoms with E-state index >= 15 is 0 Å². The lowest BCUT2D eigenvalue weighted by Gasteiger charge is -2.58. The number of fused-ring (bicyclic) bond motifs is 2. The van der Waals surface area contributed by atoms with E-state index < -0.39 is 0 Å². The third kappa shape index (κ3) is 1.60. The molecule has 3 saturated heterocycles. The Balaban J connectivity index is 1.66. The van der Waals surface area contributed by atoms with E-state index in [1.54, 1.807) is 0 Å². The van der Waals surface area contributed by atoms with Crippen LogP contribution >= 0.6 is 0 Å². The van der Waals surface area contributed by atoms with Crippen molar-refractivity contribution in [3.05, 3.63) is 12.2 Å². The molecule has 3 heteroatoms. The lowest BCUT2D eigenvalue weighted by atomic mass is 9.68. The van der Waals surface area contributed by atoms with E-state index in [1.165, 1.54) is 38.8 Å². The summed E-state index contributed by atoms with van der Waals surface area (Å²) in [6, 6.07) is 1.43. The largest absolute Gasteiger partial charge is 0.375 e. The van der Waals surface area contributed by atoms with Crippen molar-refractivity contribution in [3.8, 4) is 0 Å². The highest BCUT2D eigenvalue weighted by atomic mass is 16.3. The van der Waals surface area contributed by atoms with E-state index in [0.29, 0.717) is 6.04 Å². The topological polar surface area (TPSA) is 26.7 Å². The van der Waals surface area contributed by atoms with E-state index in [9.17, 15) is 5.11 Å². The monoisotopic (exact) mass is 248 g/mol. The molecule has 18 heavy (non-hydrogen) atoms. The van der Waals surface area contributed by atoms with Gasteiger partial charge in [-0.3, -0.25) is 9.80 Å². The second-order valence-electron chi connectivity index (χ2n) is 6.58. The molecule has 4 aliphatic rings. The summed E-state index contributed by atoms with van der Waals surface area (Å²) in [4.78, 5) is 5.16. The van der Waals surface area contributed by atoms with Gasteiger partial charge in [-0.1, -0.05) is 6.08 Å². The molecule has 0 spiro atoms. The summed E-state index contributed by atoms with van der Waals surface area (Å²) in [7, 11) is 0. The highest BCUT2D eigenvalue weighted by molar-refractivity contribution is 5.09. The molecule has 0 aromatic carbocycles. The number of rotatable bonds is 0. The van der Waals surface area contributed by atoms with Gasteiger partial charge in [0.05, 0.1) is 0 Å². The maximum atomic E-state index is 10.2. The first-order chi connectivity index (χ1) is 8.84. The second kappa shape index (κ2) is 4.32. The maximum Gasteiger partial charge on any atom is 0.126 e. The van der Waals surface area contributed by atoms with Crippen molar-refractivity contribution < 1.29 is 5.11 Å². The zero-order valence-corrected chi connectivity index (χ0v) is 11.0. The van der Waals surface area contributed by atoms with Gasteiger partial charge < -0.3 is 5.11 Å². The fourth-order valence-electron chi connectivity index (χ4n) is 5.09. The van der Waals surface area contributed by atoms with Gasteiger partial charge in [-0.2, -0.15) is 0 Å². The zero-order valence-electron chi connectivity index (χ0n) is 11.0. The minimum Gasteiger partial charge on any atom is -0.375 e. The highest BCUT2D eigenvalue weighted by Crippen LogP contribution is 2.44. The summed E-state index contributed by atoms with van der Waals surface area (Å²) in [5.41, 5.74) is 0. The van der Waals surface area contributed by atoms with E-state index in [1.807, 2.05) is 6.08 Å². The summed E-state index contributed by atoms with van der Waals surface area (Å²) in [6.07, 6.45) is 10.5. The molecule has 5 atom stereocenters. The number of aliphatic hydroxyl groups is 1. The molecular weight excluding hydrogens is 224 g/mol. The molecule has 3 fully saturated rings. The molecule has 4 aliphatic heterocycles. The van der Waals surface area contributed by atoms with Crippen LogP contribution in [0.4, 0.5) is 0 Å². The number of hydrogen-bond acceptors (Lipinski definition) is 3. The summed E-state index contributed by atoms with van der Waals surface area (Å²) in [5, 5.41) is 10.2. The van der Waals surface area contributed by atoms with Crippen LogP contribution < -0.4 is 0 Å². The maximum absolute atomic E-state index is 10.2. The van der Waals surface area contributed by atoms with Crippen LogP contribution in [0.2, 0.25) is 0 Å². The van der Waals surface area contributed by atoms with Gasteiger partial charge in [0, 0.05) is 18.6 Å². The predicted octanol–water partition coefficient (Wildman–Crippen LogP) is 1.44. The minimum atomic E-state index is -0.318. The molecule has 0 aromatic rings. The smallest absolute Gasteiger partial charge is 0.126 e. The Hall–Kier alpha value is -0.380. The van der Waals surface area contributed by atoms with Crippen molar-refractivity contribution in [2.24, 2.45) is 11.8 Å². The molecule has 0 aliphatic carbocycles. The molecular formula is C15H24N2O. The fraction of sp³-hybridized carbons (Fsp3) is 0.867. The van der Waals surface area contributed by atoms with Crippen LogP contribution in [0.5, 0.6) is 0 Å². The molecule has 0 bridgehead atoms. The molecule has 1 N–H and O–H groups in total. The molecule has 0 aromatic heterocycles. The van der Waals surface area contributed by atoms with E-state index in [4.69, 9.17) is 0 Å². The second-order valence-corrected chi connectivity index (χ2v) is 6.58. The van der Waals surface area contributed by atoms with Crippen LogP contribution in [0, 0.1) is 11.8 Å². The number of piperidine rings is 3. The zero-order chi connectivity index (χ0) is 12.1. The van der Waals surface area contributed by atoms with Crippen molar-refractivity contribution in [2.75, 3.05) is 19.6 Å². The predicted molar refractivity (Wildman–Crippen MR) is 71.1 cm³/mol. The highest BCUT2D eigenvalue weighted by Gasteiger charge is 2.49. The van der Waals surface area contributed by atoms with Crippen LogP contribution in [0.15, 0.2) is 12.2 Å². The van der Waals surface area contributed by atoms with Gasteiger partial charge in [-0.25, -0.2) is 0 Å². The molecule has 4 rings (SSSR count). The van der Waals surface area contributed by atoms with Crippen molar-refractivity contribution in [1.82, 2.24) is 9.80 Å². The van der Waals surface area contributed by atoms with Crippen molar-refractivity contribution in [1.29, 1.82) is 0 Å². The van der Waals surface area contributed by atoms with Gasteiger partial charge >= 0.3 is 0 Å². The van der Waals surface area contributed by atoms with Crippen LogP contribution in [-0.2, 0) is 0 Å². The molecule has 0 saturated carbocycles. The Bertz CT molecular complexity index is 354.